The van der Waals surface area contributed by atoms with E-state index >= 15 is 0 Å². The van der Waals surface area contributed by atoms with E-state index in [-0.39, 0.29) is 17.0 Å². The summed E-state index contributed by atoms with van der Waals surface area (Å²) >= 11 is 0. The molecule has 1 amide bonds. The molecule has 0 atom stereocenters. The van der Waals surface area contributed by atoms with Gasteiger partial charge in [0.2, 0.25) is 10.0 Å². The zero-order valence-corrected chi connectivity index (χ0v) is 17.6. The molecule has 0 fully saturated rings. The van der Waals surface area contributed by atoms with Gasteiger partial charge in [-0.1, -0.05) is 19.1 Å². The van der Waals surface area contributed by atoms with Crippen LogP contribution in [0.15, 0.2) is 76.2 Å². The van der Waals surface area contributed by atoms with Crippen LogP contribution in [0.25, 0.3) is 0 Å². The molecule has 31 heavy (non-hydrogen) atoms. The van der Waals surface area contributed by atoms with Crippen molar-refractivity contribution in [1.29, 1.82) is 0 Å². The molecule has 3 rings (SSSR count). The topological polar surface area (TPSA) is 115 Å². The van der Waals surface area contributed by atoms with E-state index in [1.54, 1.807) is 24.3 Å². The molecule has 0 spiro atoms. The second-order valence-electron chi connectivity index (χ2n) is 6.60. The van der Waals surface area contributed by atoms with Crippen LogP contribution in [0.2, 0.25) is 0 Å². The highest BCUT2D eigenvalue weighted by Gasteiger charge is 2.16. The van der Waals surface area contributed by atoms with E-state index in [4.69, 9.17) is 9.15 Å². The molecule has 0 bridgehead atoms. The number of carbonyl (C=O) groups excluding carboxylic acids is 2. The first kappa shape index (κ1) is 22.3. The van der Waals surface area contributed by atoms with Crippen molar-refractivity contribution in [2.45, 2.75) is 24.8 Å². The lowest BCUT2D eigenvalue weighted by atomic mass is 10.1. The number of hydrogen-bond donors (Lipinski definition) is 2. The number of esters is 1. The fourth-order valence-corrected chi connectivity index (χ4v) is 3.66. The molecule has 0 aliphatic rings. The number of amides is 1. The monoisotopic (exact) mass is 442 g/mol. The van der Waals surface area contributed by atoms with E-state index in [9.17, 15) is 18.0 Å². The molecule has 0 aliphatic heterocycles. The lowest BCUT2D eigenvalue weighted by Gasteiger charge is -2.08. The summed E-state index contributed by atoms with van der Waals surface area (Å²) in [6, 6.07) is 15.9. The third-order valence-corrected chi connectivity index (χ3v) is 5.81. The first-order valence-electron chi connectivity index (χ1n) is 9.55. The molecule has 0 saturated carbocycles. The van der Waals surface area contributed by atoms with Gasteiger partial charge in [0, 0.05) is 5.69 Å². The van der Waals surface area contributed by atoms with Crippen LogP contribution in [0, 0.1) is 0 Å². The van der Waals surface area contributed by atoms with E-state index in [2.05, 4.69) is 10.0 Å². The average Bonchev–Trinajstić information content (AvgIpc) is 3.31. The number of anilines is 1. The van der Waals surface area contributed by atoms with Gasteiger partial charge in [0.25, 0.3) is 5.91 Å². The zero-order valence-electron chi connectivity index (χ0n) is 16.8. The number of aryl methyl sites for hydroxylation is 1. The number of rotatable bonds is 9. The summed E-state index contributed by atoms with van der Waals surface area (Å²) in [7, 11) is -3.77. The molecule has 2 N–H and O–H groups in total. The SMILES string of the molecule is CCc1ccc(NC(=O)COC(=O)c2ccc(S(=O)(=O)NCc3ccco3)cc2)cc1. The number of ether oxygens (including phenoxy) is 1. The molecule has 0 aliphatic carbocycles. The number of hydrogen-bond acceptors (Lipinski definition) is 6. The smallest absolute Gasteiger partial charge is 0.338 e. The van der Waals surface area contributed by atoms with Crippen LogP contribution in [0.1, 0.15) is 28.6 Å². The molecule has 1 aromatic heterocycles. The van der Waals surface area contributed by atoms with Crippen molar-refractivity contribution in [3.63, 3.8) is 0 Å². The van der Waals surface area contributed by atoms with Crippen LogP contribution in [0.3, 0.4) is 0 Å². The summed E-state index contributed by atoms with van der Waals surface area (Å²) in [6.45, 7) is 1.58. The Morgan fingerprint density at radius 2 is 1.71 bits per heavy atom. The molecule has 0 radical (unpaired) electrons. The number of nitrogens with one attached hydrogen (secondary N) is 2. The first-order chi connectivity index (χ1) is 14.9. The minimum atomic E-state index is -3.77. The Bertz CT molecular complexity index is 1120. The van der Waals surface area contributed by atoms with Crippen LogP contribution in [-0.2, 0) is 32.5 Å². The largest absolute Gasteiger partial charge is 0.468 e. The molecular formula is C22H22N2O6S. The summed E-state index contributed by atoms with van der Waals surface area (Å²) < 4.78 is 37.1. The Hall–Kier alpha value is -3.43. The Kier molecular flexibility index (Phi) is 7.22. The van der Waals surface area contributed by atoms with Crippen LogP contribution < -0.4 is 10.0 Å². The number of furan rings is 1. The van der Waals surface area contributed by atoms with Crippen LogP contribution in [0.5, 0.6) is 0 Å². The molecule has 2 aromatic carbocycles. The van der Waals surface area contributed by atoms with E-state index in [1.807, 2.05) is 19.1 Å². The number of benzene rings is 2. The van der Waals surface area contributed by atoms with E-state index in [0.717, 1.165) is 12.0 Å². The molecule has 1 heterocycles. The normalized spacial score (nSPS) is 11.1. The number of sulfonamides is 1. The van der Waals surface area contributed by atoms with Crippen molar-refractivity contribution in [2.75, 3.05) is 11.9 Å². The van der Waals surface area contributed by atoms with Gasteiger partial charge in [-0.3, -0.25) is 4.79 Å². The lowest BCUT2D eigenvalue weighted by Crippen LogP contribution is -2.23. The maximum absolute atomic E-state index is 12.3. The third-order valence-electron chi connectivity index (χ3n) is 4.40. The van der Waals surface area contributed by atoms with Gasteiger partial charge < -0.3 is 14.5 Å². The van der Waals surface area contributed by atoms with Gasteiger partial charge in [-0.15, -0.1) is 0 Å². The maximum atomic E-state index is 12.3. The Morgan fingerprint density at radius 3 is 2.32 bits per heavy atom. The highest BCUT2D eigenvalue weighted by atomic mass is 32.2. The van der Waals surface area contributed by atoms with Gasteiger partial charge in [-0.05, 0) is 60.5 Å². The van der Waals surface area contributed by atoms with Gasteiger partial charge in [-0.2, -0.15) is 0 Å². The summed E-state index contributed by atoms with van der Waals surface area (Å²) in [6.07, 6.45) is 2.35. The Labute approximate surface area is 180 Å². The quantitative estimate of drug-likeness (QED) is 0.492. The standard InChI is InChI=1S/C22H22N2O6S/c1-2-16-5-9-18(10-6-16)24-21(25)15-30-22(26)17-7-11-20(12-8-17)31(27,28)23-14-19-4-3-13-29-19/h3-13,23H,2,14-15H2,1H3,(H,24,25). The van der Waals surface area contributed by atoms with E-state index in [0.29, 0.717) is 11.4 Å². The molecule has 9 heteroatoms. The minimum absolute atomic E-state index is 0.00933. The van der Waals surface area contributed by atoms with Crippen molar-refractivity contribution in [2.24, 2.45) is 0 Å². The molecule has 0 saturated heterocycles. The fourth-order valence-electron chi connectivity index (χ4n) is 2.67. The third kappa shape index (κ3) is 6.27. The van der Waals surface area contributed by atoms with E-state index in [1.165, 1.54) is 30.5 Å². The van der Waals surface area contributed by atoms with Crippen molar-refractivity contribution in [1.82, 2.24) is 4.72 Å². The number of carbonyl (C=O) groups is 2. The van der Waals surface area contributed by atoms with Crippen molar-refractivity contribution < 1.29 is 27.2 Å². The summed E-state index contributed by atoms with van der Waals surface area (Å²) in [5.74, 6) is -0.730. The van der Waals surface area contributed by atoms with Gasteiger partial charge in [0.05, 0.1) is 23.3 Å². The summed E-state index contributed by atoms with van der Waals surface area (Å²) in [5.41, 5.74) is 1.88. The lowest BCUT2D eigenvalue weighted by molar-refractivity contribution is -0.119. The molecule has 8 nitrogen and oxygen atoms in total. The molecule has 162 valence electrons. The fraction of sp³-hybridized carbons (Fsp3) is 0.182. The first-order valence-corrected chi connectivity index (χ1v) is 11.0. The molecule has 0 unspecified atom stereocenters. The second-order valence-corrected chi connectivity index (χ2v) is 8.37. The Balaban J connectivity index is 1.51. The summed E-state index contributed by atoms with van der Waals surface area (Å²) in [5, 5.41) is 2.64. The maximum Gasteiger partial charge on any atom is 0.338 e. The average molecular weight is 442 g/mol. The molecule has 3 aromatic rings. The van der Waals surface area contributed by atoms with Crippen LogP contribution >= 0.6 is 0 Å². The zero-order chi connectivity index (χ0) is 22.3. The van der Waals surface area contributed by atoms with E-state index < -0.39 is 28.5 Å². The van der Waals surface area contributed by atoms with Crippen molar-refractivity contribution in [3.8, 4) is 0 Å². The van der Waals surface area contributed by atoms with Crippen molar-refractivity contribution >= 4 is 27.6 Å². The summed E-state index contributed by atoms with van der Waals surface area (Å²) in [4.78, 5) is 24.1. The van der Waals surface area contributed by atoms with Gasteiger partial charge >= 0.3 is 5.97 Å². The minimum Gasteiger partial charge on any atom is -0.468 e. The highest BCUT2D eigenvalue weighted by Crippen LogP contribution is 2.13. The van der Waals surface area contributed by atoms with Gasteiger partial charge in [0.15, 0.2) is 6.61 Å². The van der Waals surface area contributed by atoms with Crippen LogP contribution in [-0.4, -0.2) is 26.9 Å². The predicted octanol–water partition coefficient (Wildman–Crippen LogP) is 3.12. The van der Waals surface area contributed by atoms with Gasteiger partial charge in [0.1, 0.15) is 5.76 Å². The molecular weight excluding hydrogens is 420 g/mol. The van der Waals surface area contributed by atoms with Gasteiger partial charge in [-0.25, -0.2) is 17.9 Å². The van der Waals surface area contributed by atoms with Crippen LogP contribution in [0.4, 0.5) is 5.69 Å². The Morgan fingerprint density at radius 1 is 1.00 bits per heavy atom. The second kappa shape index (κ2) is 10.1. The van der Waals surface area contributed by atoms with Crippen molar-refractivity contribution in [3.05, 3.63) is 83.8 Å². The predicted molar refractivity (Wildman–Crippen MR) is 114 cm³/mol. The highest BCUT2D eigenvalue weighted by molar-refractivity contribution is 7.89.